The van der Waals surface area contributed by atoms with Crippen molar-refractivity contribution < 1.29 is 27.4 Å². The van der Waals surface area contributed by atoms with Gasteiger partial charge in [0.05, 0.1) is 13.2 Å². The summed E-state index contributed by atoms with van der Waals surface area (Å²) in [6.45, 7) is 5.39. The lowest BCUT2D eigenvalue weighted by Crippen LogP contribution is -2.54. The smallest absolute Gasteiger partial charge is 0.404 e. The zero-order chi connectivity index (χ0) is 24.1. The predicted octanol–water partition coefficient (Wildman–Crippen LogP) is 7.78. The Labute approximate surface area is 195 Å². The van der Waals surface area contributed by atoms with Crippen LogP contribution in [-0.2, 0) is 10.2 Å². The minimum atomic E-state index is -4.60. The van der Waals surface area contributed by atoms with Gasteiger partial charge in [-0.25, -0.2) is 0 Å². The van der Waals surface area contributed by atoms with Gasteiger partial charge < -0.3 is 14.2 Å². The molecule has 0 bridgehead atoms. The van der Waals surface area contributed by atoms with Gasteiger partial charge in [0.15, 0.2) is 5.41 Å². The van der Waals surface area contributed by atoms with Crippen LogP contribution in [0.1, 0.15) is 76.3 Å². The maximum absolute atomic E-state index is 14.7. The second-order valence-corrected chi connectivity index (χ2v) is 9.15. The normalized spacial score (nSPS) is 18.9. The second-order valence-electron chi connectivity index (χ2n) is 9.15. The molecule has 3 unspecified atom stereocenters. The highest BCUT2D eigenvalue weighted by Gasteiger charge is 2.60. The Kier molecular flexibility index (Phi) is 8.33. The number of rotatable bonds is 9. The summed E-state index contributed by atoms with van der Waals surface area (Å²) < 4.78 is 61.4. The average molecular weight is 465 g/mol. The summed E-state index contributed by atoms with van der Waals surface area (Å²) in [4.78, 5) is 0. The lowest BCUT2D eigenvalue weighted by molar-refractivity contribution is -0.268. The number of hydrogen-bond acceptors (Lipinski definition) is 3. The number of benzene rings is 2. The van der Waals surface area contributed by atoms with E-state index < -0.39 is 17.9 Å². The van der Waals surface area contributed by atoms with Crippen LogP contribution in [0.4, 0.5) is 13.2 Å². The summed E-state index contributed by atoms with van der Waals surface area (Å²) >= 11 is 0. The molecule has 0 aliphatic heterocycles. The molecule has 2 aromatic carbocycles. The van der Waals surface area contributed by atoms with Crippen molar-refractivity contribution in [3.63, 3.8) is 0 Å². The Balaban J connectivity index is 1.98. The molecule has 1 fully saturated rings. The Morgan fingerprint density at radius 2 is 1.48 bits per heavy atom. The quantitative estimate of drug-likeness (QED) is 0.355. The van der Waals surface area contributed by atoms with Gasteiger partial charge >= 0.3 is 6.18 Å². The first kappa shape index (κ1) is 25.4. The third-order valence-corrected chi connectivity index (χ3v) is 6.92. The van der Waals surface area contributed by atoms with Crippen LogP contribution in [0.15, 0.2) is 48.5 Å². The molecular weight excluding hydrogens is 429 g/mol. The van der Waals surface area contributed by atoms with Crippen molar-refractivity contribution in [3.05, 3.63) is 59.7 Å². The molecule has 3 rings (SSSR count). The van der Waals surface area contributed by atoms with E-state index in [0.29, 0.717) is 17.4 Å². The van der Waals surface area contributed by atoms with Gasteiger partial charge in [-0.05, 0) is 67.5 Å². The Hall–Kier alpha value is -2.21. The van der Waals surface area contributed by atoms with Crippen molar-refractivity contribution in [2.24, 2.45) is 0 Å². The van der Waals surface area contributed by atoms with Crippen LogP contribution in [0, 0.1) is 0 Å². The van der Waals surface area contributed by atoms with Gasteiger partial charge in [0, 0.05) is 0 Å². The molecule has 1 saturated carbocycles. The van der Waals surface area contributed by atoms with E-state index in [9.17, 15) is 13.2 Å². The SMILES string of the molecule is CCC(C)c1ccc(OC(OC2CCCCC2)C(C)(c2ccc(OC)cc2)C(F)(F)F)cc1. The van der Waals surface area contributed by atoms with E-state index >= 15 is 0 Å². The molecular formula is C27H35F3O3. The van der Waals surface area contributed by atoms with E-state index in [1.54, 1.807) is 12.1 Å². The fourth-order valence-corrected chi connectivity index (χ4v) is 4.26. The molecule has 3 atom stereocenters. The number of halogens is 3. The van der Waals surface area contributed by atoms with E-state index in [1.165, 1.54) is 31.4 Å². The maximum Gasteiger partial charge on any atom is 0.404 e. The second kappa shape index (κ2) is 10.8. The topological polar surface area (TPSA) is 27.7 Å². The molecule has 0 N–H and O–H groups in total. The Morgan fingerprint density at radius 1 is 0.909 bits per heavy atom. The molecule has 6 heteroatoms. The van der Waals surface area contributed by atoms with Crippen molar-refractivity contribution in [1.29, 1.82) is 0 Å². The zero-order valence-electron chi connectivity index (χ0n) is 20.0. The third kappa shape index (κ3) is 5.84. The number of hydrogen-bond donors (Lipinski definition) is 0. The molecule has 3 nitrogen and oxygen atoms in total. The van der Waals surface area contributed by atoms with Crippen molar-refractivity contribution >= 4 is 0 Å². The van der Waals surface area contributed by atoms with Gasteiger partial charge in [0.2, 0.25) is 6.29 Å². The summed E-state index contributed by atoms with van der Waals surface area (Å²) in [5, 5.41) is 0. The molecule has 0 radical (unpaired) electrons. The molecule has 1 aliphatic carbocycles. The fraction of sp³-hybridized carbons (Fsp3) is 0.556. The molecule has 182 valence electrons. The highest BCUT2D eigenvalue weighted by Crippen LogP contribution is 2.46. The summed E-state index contributed by atoms with van der Waals surface area (Å²) in [5.74, 6) is 1.23. The van der Waals surface area contributed by atoms with Gasteiger partial charge in [-0.3, -0.25) is 0 Å². The zero-order valence-corrected chi connectivity index (χ0v) is 20.0. The first-order valence-electron chi connectivity index (χ1n) is 11.8. The monoisotopic (exact) mass is 464 g/mol. The molecule has 0 saturated heterocycles. The van der Waals surface area contributed by atoms with Crippen molar-refractivity contribution in [3.8, 4) is 11.5 Å². The highest BCUT2D eigenvalue weighted by atomic mass is 19.4. The molecule has 0 amide bonds. The lowest BCUT2D eigenvalue weighted by Gasteiger charge is -2.41. The number of alkyl halides is 3. The fourth-order valence-electron chi connectivity index (χ4n) is 4.26. The highest BCUT2D eigenvalue weighted by molar-refractivity contribution is 5.35. The van der Waals surface area contributed by atoms with E-state index in [4.69, 9.17) is 14.2 Å². The van der Waals surface area contributed by atoms with Crippen LogP contribution in [0.3, 0.4) is 0 Å². The van der Waals surface area contributed by atoms with Crippen LogP contribution < -0.4 is 9.47 Å². The van der Waals surface area contributed by atoms with Crippen molar-refractivity contribution in [1.82, 2.24) is 0 Å². The molecule has 0 heterocycles. The summed E-state index contributed by atoms with van der Waals surface area (Å²) in [7, 11) is 1.49. The number of ether oxygens (including phenoxy) is 3. The third-order valence-electron chi connectivity index (χ3n) is 6.92. The van der Waals surface area contributed by atoms with E-state index in [0.717, 1.165) is 51.0 Å². The maximum atomic E-state index is 14.7. The molecule has 0 aromatic heterocycles. The molecule has 2 aromatic rings. The Morgan fingerprint density at radius 3 is 2.00 bits per heavy atom. The molecule has 0 spiro atoms. The van der Waals surface area contributed by atoms with Crippen LogP contribution in [0.25, 0.3) is 0 Å². The van der Waals surface area contributed by atoms with Gasteiger partial charge in [0.1, 0.15) is 11.5 Å². The van der Waals surface area contributed by atoms with Crippen LogP contribution >= 0.6 is 0 Å². The van der Waals surface area contributed by atoms with Crippen LogP contribution in [-0.4, -0.2) is 25.7 Å². The summed E-state index contributed by atoms with van der Waals surface area (Å²) in [6, 6.07) is 13.3. The van der Waals surface area contributed by atoms with Crippen molar-refractivity contribution in [2.45, 2.75) is 89.2 Å². The van der Waals surface area contributed by atoms with E-state index in [1.807, 2.05) is 12.1 Å². The van der Waals surface area contributed by atoms with Gasteiger partial charge in [-0.2, -0.15) is 13.2 Å². The van der Waals surface area contributed by atoms with Gasteiger partial charge in [-0.15, -0.1) is 0 Å². The van der Waals surface area contributed by atoms with E-state index in [-0.39, 0.29) is 11.7 Å². The lowest BCUT2D eigenvalue weighted by atomic mass is 9.80. The first-order valence-corrected chi connectivity index (χ1v) is 11.8. The average Bonchev–Trinajstić information content (AvgIpc) is 2.83. The predicted molar refractivity (Wildman–Crippen MR) is 124 cm³/mol. The van der Waals surface area contributed by atoms with Gasteiger partial charge in [0.25, 0.3) is 0 Å². The summed E-state index contributed by atoms with van der Waals surface area (Å²) in [6.07, 6.45) is -0.941. The van der Waals surface area contributed by atoms with Crippen molar-refractivity contribution in [2.75, 3.05) is 7.11 Å². The first-order chi connectivity index (χ1) is 15.7. The van der Waals surface area contributed by atoms with Gasteiger partial charge in [-0.1, -0.05) is 57.4 Å². The van der Waals surface area contributed by atoms with Crippen LogP contribution in [0.5, 0.6) is 11.5 Å². The van der Waals surface area contributed by atoms with Crippen LogP contribution in [0.2, 0.25) is 0 Å². The summed E-state index contributed by atoms with van der Waals surface area (Å²) in [5.41, 5.74) is -1.16. The molecule has 33 heavy (non-hydrogen) atoms. The van der Waals surface area contributed by atoms with E-state index in [2.05, 4.69) is 13.8 Å². The molecule has 1 aliphatic rings. The minimum absolute atomic E-state index is 0.0767. The number of methoxy groups -OCH3 is 1. The standard InChI is InChI=1S/C27H35F3O3/c1-5-19(2)20-11-15-24(16-12-20)33-25(32-23-9-7-6-8-10-23)26(3,27(28,29)30)21-13-17-22(31-4)18-14-21/h11-19,23,25H,5-10H2,1-4H3. The largest absolute Gasteiger partial charge is 0.497 e. The minimum Gasteiger partial charge on any atom is -0.497 e. The Bertz CT molecular complexity index is 858.